The average molecular weight is 243 g/mol. The zero-order valence-electron chi connectivity index (χ0n) is 11.4. The number of aryl methyl sites for hydroxylation is 1. The molecular weight excluding hydrogens is 222 g/mol. The molecule has 0 bridgehead atoms. The van der Waals surface area contributed by atoms with E-state index >= 15 is 0 Å². The lowest BCUT2D eigenvalue weighted by atomic mass is 10.2. The minimum absolute atomic E-state index is 0.216. The lowest BCUT2D eigenvalue weighted by Crippen LogP contribution is -2.05. The van der Waals surface area contributed by atoms with Crippen molar-refractivity contribution in [2.75, 3.05) is 0 Å². The summed E-state index contributed by atoms with van der Waals surface area (Å²) >= 11 is 0. The van der Waals surface area contributed by atoms with E-state index in [4.69, 9.17) is 4.74 Å². The highest BCUT2D eigenvalue weighted by atomic mass is 16.5. The highest BCUT2D eigenvalue weighted by Crippen LogP contribution is 2.23. The van der Waals surface area contributed by atoms with Crippen molar-refractivity contribution in [3.05, 3.63) is 42.6 Å². The van der Waals surface area contributed by atoms with E-state index in [1.165, 1.54) is 16.5 Å². The van der Waals surface area contributed by atoms with Crippen molar-refractivity contribution in [1.82, 2.24) is 4.57 Å². The Morgan fingerprint density at radius 3 is 2.78 bits per heavy atom. The molecule has 18 heavy (non-hydrogen) atoms. The van der Waals surface area contributed by atoms with Crippen LogP contribution in [0, 0.1) is 0 Å². The van der Waals surface area contributed by atoms with Gasteiger partial charge in [-0.1, -0.05) is 5.57 Å². The van der Waals surface area contributed by atoms with Crippen molar-refractivity contribution >= 4 is 10.9 Å². The highest BCUT2D eigenvalue weighted by Gasteiger charge is 2.04. The van der Waals surface area contributed by atoms with Gasteiger partial charge in [0.1, 0.15) is 5.75 Å². The molecule has 0 aliphatic heterocycles. The van der Waals surface area contributed by atoms with Crippen LogP contribution in [-0.2, 0) is 6.54 Å². The number of benzene rings is 1. The van der Waals surface area contributed by atoms with Crippen LogP contribution in [0.2, 0.25) is 0 Å². The van der Waals surface area contributed by atoms with E-state index in [1.807, 2.05) is 19.9 Å². The lowest BCUT2D eigenvalue weighted by molar-refractivity contribution is 0.243. The molecule has 2 aromatic rings. The Labute approximate surface area is 109 Å². The Morgan fingerprint density at radius 1 is 1.33 bits per heavy atom. The van der Waals surface area contributed by atoms with E-state index in [0.29, 0.717) is 0 Å². The predicted molar refractivity (Wildman–Crippen MR) is 77.1 cm³/mol. The summed E-state index contributed by atoms with van der Waals surface area (Å²) in [7, 11) is 0. The number of aromatic nitrogens is 1. The van der Waals surface area contributed by atoms with Crippen molar-refractivity contribution in [2.24, 2.45) is 0 Å². The fourth-order valence-corrected chi connectivity index (χ4v) is 2.03. The molecule has 2 nitrogen and oxygen atoms in total. The van der Waals surface area contributed by atoms with Gasteiger partial charge in [0, 0.05) is 23.6 Å². The first-order valence-electron chi connectivity index (χ1n) is 6.46. The van der Waals surface area contributed by atoms with Crippen molar-refractivity contribution < 1.29 is 4.74 Å². The van der Waals surface area contributed by atoms with Crippen molar-refractivity contribution in [2.45, 2.75) is 39.8 Å². The van der Waals surface area contributed by atoms with Gasteiger partial charge in [-0.3, -0.25) is 0 Å². The Morgan fingerprint density at radius 2 is 2.11 bits per heavy atom. The summed E-state index contributed by atoms with van der Waals surface area (Å²) in [5.74, 6) is 0.940. The van der Waals surface area contributed by atoms with Crippen molar-refractivity contribution in [3.8, 4) is 5.75 Å². The highest BCUT2D eigenvalue weighted by molar-refractivity contribution is 5.81. The van der Waals surface area contributed by atoms with E-state index < -0.39 is 0 Å². The number of ether oxygens (including phenoxy) is 1. The molecule has 0 amide bonds. The predicted octanol–water partition coefficient (Wildman–Crippen LogP) is 4.39. The fraction of sp³-hybridized carbons (Fsp3) is 0.375. The van der Waals surface area contributed by atoms with E-state index in [2.05, 4.69) is 42.5 Å². The minimum Gasteiger partial charge on any atom is -0.491 e. The third kappa shape index (κ3) is 2.95. The standard InChI is InChI=1S/C16H21NO/c1-12(2)7-9-17-10-8-14-11-15(18-13(3)4)5-6-16(14)17/h5-6,8,10-11,13H,1,7,9H2,2-4H3. The third-order valence-corrected chi connectivity index (χ3v) is 2.89. The quantitative estimate of drug-likeness (QED) is 0.710. The summed E-state index contributed by atoms with van der Waals surface area (Å²) in [6, 6.07) is 8.42. The Bertz CT molecular complexity index is 551. The van der Waals surface area contributed by atoms with E-state index in [9.17, 15) is 0 Å². The van der Waals surface area contributed by atoms with Crippen LogP contribution in [0.5, 0.6) is 5.75 Å². The molecule has 0 aliphatic carbocycles. The minimum atomic E-state index is 0.216. The van der Waals surface area contributed by atoms with Crippen molar-refractivity contribution in [1.29, 1.82) is 0 Å². The first-order valence-corrected chi connectivity index (χ1v) is 6.46. The van der Waals surface area contributed by atoms with Crippen LogP contribution in [0.15, 0.2) is 42.6 Å². The average Bonchev–Trinajstić information content (AvgIpc) is 2.68. The maximum atomic E-state index is 5.71. The molecule has 2 heteroatoms. The van der Waals surface area contributed by atoms with Gasteiger partial charge in [0.25, 0.3) is 0 Å². The maximum Gasteiger partial charge on any atom is 0.120 e. The number of fused-ring (bicyclic) bond motifs is 1. The van der Waals surface area contributed by atoms with Crippen molar-refractivity contribution in [3.63, 3.8) is 0 Å². The largest absolute Gasteiger partial charge is 0.491 e. The van der Waals surface area contributed by atoms with Crippen LogP contribution in [0.25, 0.3) is 10.9 Å². The molecule has 0 fully saturated rings. The second-order valence-corrected chi connectivity index (χ2v) is 5.10. The molecule has 0 N–H and O–H groups in total. The molecule has 2 rings (SSSR count). The van der Waals surface area contributed by atoms with Gasteiger partial charge in [-0.2, -0.15) is 0 Å². The monoisotopic (exact) mass is 243 g/mol. The number of allylic oxidation sites excluding steroid dienone is 1. The van der Waals surface area contributed by atoms with Crippen LogP contribution in [0.1, 0.15) is 27.2 Å². The Balaban J connectivity index is 2.23. The molecule has 0 radical (unpaired) electrons. The summed E-state index contributed by atoms with van der Waals surface area (Å²) in [4.78, 5) is 0. The van der Waals surface area contributed by atoms with Crippen LogP contribution in [0.3, 0.4) is 0 Å². The van der Waals surface area contributed by atoms with E-state index in [-0.39, 0.29) is 6.10 Å². The molecule has 0 atom stereocenters. The number of hydrogen-bond donors (Lipinski definition) is 0. The normalized spacial score (nSPS) is 11.1. The van der Waals surface area contributed by atoms with Gasteiger partial charge in [-0.25, -0.2) is 0 Å². The summed E-state index contributed by atoms with van der Waals surface area (Å²) < 4.78 is 7.97. The van der Waals surface area contributed by atoms with Gasteiger partial charge in [0.05, 0.1) is 6.10 Å². The number of rotatable bonds is 5. The second-order valence-electron chi connectivity index (χ2n) is 5.10. The summed E-state index contributed by atoms with van der Waals surface area (Å²) in [5, 5.41) is 1.23. The van der Waals surface area contributed by atoms with Crippen LogP contribution < -0.4 is 4.74 Å². The SMILES string of the molecule is C=C(C)CCn1ccc2cc(OC(C)C)ccc21. The van der Waals surface area contributed by atoms with Gasteiger partial charge >= 0.3 is 0 Å². The second kappa shape index (κ2) is 5.30. The van der Waals surface area contributed by atoms with E-state index in [1.54, 1.807) is 0 Å². The summed E-state index contributed by atoms with van der Waals surface area (Å²) in [6.45, 7) is 11.1. The molecule has 1 aromatic carbocycles. The van der Waals surface area contributed by atoms with Gasteiger partial charge in [0.2, 0.25) is 0 Å². The lowest BCUT2D eigenvalue weighted by Gasteiger charge is -2.10. The molecule has 0 aliphatic rings. The van der Waals surface area contributed by atoms with Gasteiger partial charge in [-0.15, -0.1) is 6.58 Å². The van der Waals surface area contributed by atoms with Crippen LogP contribution in [0.4, 0.5) is 0 Å². The molecule has 0 spiro atoms. The van der Waals surface area contributed by atoms with Gasteiger partial charge in [0.15, 0.2) is 0 Å². The molecule has 0 saturated heterocycles. The first kappa shape index (κ1) is 12.7. The number of nitrogens with zero attached hydrogens (tertiary/aromatic N) is 1. The summed E-state index contributed by atoms with van der Waals surface area (Å²) in [5.41, 5.74) is 2.48. The Hall–Kier alpha value is -1.70. The van der Waals surface area contributed by atoms with Crippen LogP contribution in [-0.4, -0.2) is 10.7 Å². The number of hydrogen-bond acceptors (Lipinski definition) is 1. The van der Waals surface area contributed by atoms with Gasteiger partial charge in [-0.05, 0) is 51.5 Å². The van der Waals surface area contributed by atoms with Crippen LogP contribution >= 0.6 is 0 Å². The molecule has 1 heterocycles. The first-order chi connectivity index (χ1) is 8.56. The van der Waals surface area contributed by atoms with Gasteiger partial charge < -0.3 is 9.30 Å². The van der Waals surface area contributed by atoms with E-state index in [0.717, 1.165) is 18.7 Å². The molecular formula is C16H21NO. The zero-order valence-corrected chi connectivity index (χ0v) is 11.4. The summed E-state index contributed by atoms with van der Waals surface area (Å²) in [6.07, 6.45) is 3.37. The fourth-order valence-electron chi connectivity index (χ4n) is 2.03. The smallest absolute Gasteiger partial charge is 0.120 e. The third-order valence-electron chi connectivity index (χ3n) is 2.89. The Kier molecular flexibility index (Phi) is 3.75. The molecule has 0 saturated carbocycles. The topological polar surface area (TPSA) is 14.2 Å². The maximum absolute atomic E-state index is 5.71. The molecule has 1 aromatic heterocycles. The zero-order chi connectivity index (χ0) is 13.1. The molecule has 96 valence electrons. The molecule has 0 unspecified atom stereocenters.